The first-order chi connectivity index (χ1) is 10.1. The topological polar surface area (TPSA) is 49.8 Å². The van der Waals surface area contributed by atoms with E-state index in [1.165, 1.54) is 12.8 Å². The minimum Gasteiger partial charge on any atom is -0.373 e. The van der Waals surface area contributed by atoms with Gasteiger partial charge in [0.1, 0.15) is 17.5 Å². The molecule has 1 aliphatic rings. The van der Waals surface area contributed by atoms with Gasteiger partial charge in [0.25, 0.3) is 0 Å². The van der Waals surface area contributed by atoms with E-state index >= 15 is 0 Å². The number of benzene rings is 1. The van der Waals surface area contributed by atoms with Crippen LogP contribution in [0.25, 0.3) is 0 Å². The Hall–Kier alpha value is -1.52. The second-order valence-corrected chi connectivity index (χ2v) is 6.00. The van der Waals surface area contributed by atoms with Gasteiger partial charge in [0, 0.05) is 24.2 Å². The summed E-state index contributed by atoms with van der Waals surface area (Å²) in [6, 6.07) is 5.44. The second kappa shape index (κ2) is 5.70. The van der Waals surface area contributed by atoms with Crippen LogP contribution in [0.5, 0.6) is 0 Å². The Kier molecular flexibility index (Phi) is 3.91. The van der Waals surface area contributed by atoms with E-state index in [4.69, 9.17) is 23.2 Å². The average Bonchev–Trinajstić information content (AvgIpc) is 3.29. The maximum absolute atomic E-state index is 6.05. The van der Waals surface area contributed by atoms with Crippen LogP contribution in [-0.2, 0) is 0 Å². The highest BCUT2D eigenvalue weighted by atomic mass is 35.5. The molecule has 0 spiro atoms. The summed E-state index contributed by atoms with van der Waals surface area (Å²) < 4.78 is 0. The Morgan fingerprint density at radius 1 is 1.10 bits per heavy atom. The lowest BCUT2D eigenvalue weighted by atomic mass is 10.2. The molecule has 1 heterocycles. The van der Waals surface area contributed by atoms with Crippen molar-refractivity contribution in [2.75, 3.05) is 17.7 Å². The van der Waals surface area contributed by atoms with Crippen molar-refractivity contribution in [1.29, 1.82) is 0 Å². The van der Waals surface area contributed by atoms with Crippen LogP contribution in [0.15, 0.2) is 18.2 Å². The number of nitrogens with zero attached hydrogens (tertiary/aromatic N) is 2. The number of hydrogen-bond donors (Lipinski definition) is 2. The lowest BCUT2D eigenvalue weighted by Crippen LogP contribution is -2.06. The van der Waals surface area contributed by atoms with Crippen LogP contribution in [0.3, 0.4) is 0 Å². The number of hydrogen-bond acceptors (Lipinski definition) is 4. The van der Waals surface area contributed by atoms with Gasteiger partial charge in [0.15, 0.2) is 0 Å². The zero-order valence-corrected chi connectivity index (χ0v) is 13.4. The zero-order chi connectivity index (χ0) is 15.0. The van der Waals surface area contributed by atoms with E-state index in [2.05, 4.69) is 20.6 Å². The molecule has 0 bridgehead atoms. The first-order valence-electron chi connectivity index (χ1n) is 6.87. The Labute approximate surface area is 133 Å². The molecular weight excluding hydrogens is 307 g/mol. The molecule has 1 aromatic heterocycles. The van der Waals surface area contributed by atoms with Crippen LogP contribution in [0.4, 0.5) is 17.3 Å². The largest absolute Gasteiger partial charge is 0.373 e. The van der Waals surface area contributed by atoms with E-state index in [0.717, 1.165) is 28.7 Å². The molecule has 21 heavy (non-hydrogen) atoms. The van der Waals surface area contributed by atoms with Crippen molar-refractivity contribution >= 4 is 40.5 Å². The van der Waals surface area contributed by atoms with E-state index < -0.39 is 0 Å². The van der Waals surface area contributed by atoms with Gasteiger partial charge >= 0.3 is 0 Å². The third-order valence-electron chi connectivity index (χ3n) is 3.52. The van der Waals surface area contributed by atoms with E-state index in [-0.39, 0.29) is 0 Å². The van der Waals surface area contributed by atoms with Crippen molar-refractivity contribution in [3.8, 4) is 0 Å². The molecule has 0 unspecified atom stereocenters. The zero-order valence-electron chi connectivity index (χ0n) is 11.9. The Morgan fingerprint density at radius 2 is 1.81 bits per heavy atom. The van der Waals surface area contributed by atoms with Crippen LogP contribution < -0.4 is 10.6 Å². The maximum atomic E-state index is 6.05. The van der Waals surface area contributed by atoms with Crippen LogP contribution in [0, 0.1) is 6.92 Å². The number of aromatic nitrogens is 2. The molecule has 1 saturated carbocycles. The summed E-state index contributed by atoms with van der Waals surface area (Å²) in [5.74, 6) is 3.05. The Bertz CT molecular complexity index is 684. The van der Waals surface area contributed by atoms with Gasteiger partial charge in [0.2, 0.25) is 0 Å². The summed E-state index contributed by atoms with van der Waals surface area (Å²) in [5, 5.41) is 7.49. The molecule has 1 aliphatic carbocycles. The predicted molar refractivity (Wildman–Crippen MR) is 88.0 cm³/mol. The van der Waals surface area contributed by atoms with Crippen LogP contribution in [0.1, 0.15) is 30.1 Å². The van der Waals surface area contributed by atoms with Crippen molar-refractivity contribution in [2.24, 2.45) is 0 Å². The van der Waals surface area contributed by atoms with Crippen LogP contribution in [-0.4, -0.2) is 17.0 Å². The highest BCUT2D eigenvalue weighted by Gasteiger charge is 2.28. The molecule has 110 valence electrons. The molecule has 0 aliphatic heterocycles. The molecule has 1 fully saturated rings. The molecule has 6 heteroatoms. The Balaban J connectivity index is 1.96. The molecule has 3 rings (SSSR count). The second-order valence-electron chi connectivity index (χ2n) is 5.18. The normalized spacial score (nSPS) is 14.1. The van der Waals surface area contributed by atoms with Gasteiger partial charge in [-0.2, -0.15) is 0 Å². The number of nitrogens with one attached hydrogen (secondary N) is 2. The fraction of sp³-hybridized carbons (Fsp3) is 0.333. The lowest BCUT2D eigenvalue weighted by Gasteiger charge is -2.14. The summed E-state index contributed by atoms with van der Waals surface area (Å²) in [6.07, 6.45) is 2.33. The molecule has 0 radical (unpaired) electrons. The van der Waals surface area contributed by atoms with Gasteiger partial charge in [-0.05, 0) is 38.0 Å². The van der Waals surface area contributed by atoms with Gasteiger partial charge in [-0.15, -0.1) is 0 Å². The number of rotatable bonds is 4. The molecule has 1 aromatic carbocycles. The van der Waals surface area contributed by atoms with Gasteiger partial charge < -0.3 is 10.6 Å². The summed E-state index contributed by atoms with van der Waals surface area (Å²) >= 11 is 12.0. The van der Waals surface area contributed by atoms with Crippen molar-refractivity contribution in [3.63, 3.8) is 0 Å². The van der Waals surface area contributed by atoms with E-state index in [0.29, 0.717) is 16.0 Å². The summed E-state index contributed by atoms with van der Waals surface area (Å²) in [6.45, 7) is 1.99. The van der Waals surface area contributed by atoms with Crippen molar-refractivity contribution in [2.45, 2.75) is 25.7 Å². The SMILES string of the molecule is CNc1nc(C2CC2)nc(Nc2ccc(Cl)c(Cl)c2)c1C. The summed E-state index contributed by atoms with van der Waals surface area (Å²) in [5.41, 5.74) is 1.84. The number of anilines is 3. The third-order valence-corrected chi connectivity index (χ3v) is 4.26. The monoisotopic (exact) mass is 322 g/mol. The van der Waals surface area contributed by atoms with Crippen LogP contribution in [0.2, 0.25) is 10.0 Å². The fourth-order valence-electron chi connectivity index (χ4n) is 2.13. The highest BCUT2D eigenvalue weighted by Crippen LogP contribution is 2.40. The minimum atomic E-state index is 0.493. The van der Waals surface area contributed by atoms with Crippen molar-refractivity contribution in [1.82, 2.24) is 9.97 Å². The molecule has 2 aromatic rings. The highest BCUT2D eigenvalue weighted by molar-refractivity contribution is 6.42. The molecule has 0 amide bonds. The fourth-order valence-corrected chi connectivity index (χ4v) is 2.43. The molecule has 0 saturated heterocycles. The van der Waals surface area contributed by atoms with E-state index in [1.807, 2.05) is 20.0 Å². The molecule has 2 N–H and O–H groups in total. The van der Waals surface area contributed by atoms with Gasteiger partial charge in [-0.25, -0.2) is 9.97 Å². The van der Waals surface area contributed by atoms with Gasteiger partial charge in [0.05, 0.1) is 10.0 Å². The van der Waals surface area contributed by atoms with E-state index in [1.54, 1.807) is 12.1 Å². The standard InChI is InChI=1S/C15H16Cl2N4/c1-8-13(18-2)20-15(9-3-4-9)21-14(8)19-10-5-6-11(16)12(17)7-10/h5-7,9H,3-4H2,1-2H3,(H2,18,19,20,21). The van der Waals surface area contributed by atoms with Gasteiger partial charge in [-0.3, -0.25) is 0 Å². The third kappa shape index (κ3) is 3.06. The van der Waals surface area contributed by atoms with Crippen LogP contribution >= 0.6 is 23.2 Å². The molecule has 4 nitrogen and oxygen atoms in total. The van der Waals surface area contributed by atoms with E-state index in [9.17, 15) is 0 Å². The first kappa shape index (κ1) is 14.4. The molecule has 0 atom stereocenters. The molecular formula is C15H16Cl2N4. The first-order valence-corrected chi connectivity index (χ1v) is 7.62. The summed E-state index contributed by atoms with van der Waals surface area (Å²) in [4.78, 5) is 9.23. The number of halogens is 2. The average molecular weight is 323 g/mol. The quantitative estimate of drug-likeness (QED) is 0.852. The van der Waals surface area contributed by atoms with Crippen molar-refractivity contribution < 1.29 is 0 Å². The Morgan fingerprint density at radius 3 is 2.43 bits per heavy atom. The predicted octanol–water partition coefficient (Wildman–Crippen LogP) is 4.75. The lowest BCUT2D eigenvalue weighted by molar-refractivity contribution is 0.924. The van der Waals surface area contributed by atoms with Gasteiger partial charge in [-0.1, -0.05) is 23.2 Å². The minimum absolute atomic E-state index is 0.493. The smallest absolute Gasteiger partial charge is 0.139 e. The summed E-state index contributed by atoms with van der Waals surface area (Å²) in [7, 11) is 1.87. The van der Waals surface area contributed by atoms with Crippen molar-refractivity contribution in [3.05, 3.63) is 39.6 Å². The maximum Gasteiger partial charge on any atom is 0.139 e.